The molecule has 4 heteroatoms. The third kappa shape index (κ3) is 4.25. The summed E-state index contributed by atoms with van der Waals surface area (Å²) in [7, 11) is 1.60. The van der Waals surface area contributed by atoms with Crippen LogP contribution in [0.2, 0.25) is 0 Å². The molecule has 4 nitrogen and oxygen atoms in total. The molecule has 0 radical (unpaired) electrons. The number of hydrogen-bond donors (Lipinski definition) is 1. The molecule has 0 aliphatic heterocycles. The molecule has 0 aliphatic carbocycles. The first kappa shape index (κ1) is 15.9. The molecular weight excluding hydrogens is 278 g/mol. The van der Waals surface area contributed by atoms with Gasteiger partial charge in [0, 0.05) is 5.56 Å². The fourth-order valence-corrected chi connectivity index (χ4v) is 2.17. The Bertz CT molecular complexity index is 623. The standard InChI is InChI=1S/C18H21NO3/c1-14(19-20)16-10-11-17(18(13-16)21-2)22-12-6-9-15-7-4-3-5-8-15/h3-5,7-8,10-11,13,20H,6,9,12H2,1-2H3/b19-14+. The van der Waals surface area contributed by atoms with E-state index in [1.165, 1.54) is 5.56 Å². The zero-order valence-electron chi connectivity index (χ0n) is 13.0. The first-order valence-electron chi connectivity index (χ1n) is 7.28. The van der Waals surface area contributed by atoms with Crippen molar-refractivity contribution in [1.82, 2.24) is 0 Å². The molecule has 0 heterocycles. The minimum absolute atomic E-state index is 0.536. The van der Waals surface area contributed by atoms with Gasteiger partial charge in [0.1, 0.15) is 0 Å². The quantitative estimate of drug-likeness (QED) is 0.365. The molecule has 0 saturated heterocycles. The Kier molecular flexibility index (Phi) is 5.83. The topological polar surface area (TPSA) is 51.0 Å². The van der Waals surface area contributed by atoms with Crippen LogP contribution in [-0.4, -0.2) is 24.6 Å². The lowest BCUT2D eigenvalue weighted by molar-refractivity contribution is 0.289. The fourth-order valence-electron chi connectivity index (χ4n) is 2.17. The highest BCUT2D eigenvalue weighted by Gasteiger charge is 2.07. The van der Waals surface area contributed by atoms with E-state index in [-0.39, 0.29) is 0 Å². The zero-order chi connectivity index (χ0) is 15.8. The summed E-state index contributed by atoms with van der Waals surface area (Å²) in [6.45, 7) is 2.35. The van der Waals surface area contributed by atoms with Crippen molar-refractivity contribution >= 4 is 5.71 Å². The molecule has 0 atom stereocenters. The maximum absolute atomic E-state index is 8.82. The van der Waals surface area contributed by atoms with E-state index in [0.29, 0.717) is 23.8 Å². The van der Waals surface area contributed by atoms with Crippen LogP contribution in [0.15, 0.2) is 53.7 Å². The van der Waals surface area contributed by atoms with Crippen LogP contribution < -0.4 is 9.47 Å². The molecule has 2 aromatic rings. The molecule has 0 spiro atoms. The van der Waals surface area contributed by atoms with Crippen molar-refractivity contribution in [1.29, 1.82) is 0 Å². The Balaban J connectivity index is 1.92. The van der Waals surface area contributed by atoms with E-state index in [2.05, 4.69) is 17.3 Å². The lowest BCUT2D eigenvalue weighted by Crippen LogP contribution is -2.02. The van der Waals surface area contributed by atoms with Gasteiger partial charge < -0.3 is 14.7 Å². The monoisotopic (exact) mass is 299 g/mol. The van der Waals surface area contributed by atoms with E-state index in [4.69, 9.17) is 14.7 Å². The van der Waals surface area contributed by atoms with E-state index in [1.54, 1.807) is 14.0 Å². The van der Waals surface area contributed by atoms with E-state index in [1.807, 2.05) is 36.4 Å². The van der Waals surface area contributed by atoms with Gasteiger partial charge in [-0.1, -0.05) is 35.5 Å². The smallest absolute Gasteiger partial charge is 0.161 e. The number of oxime groups is 1. The molecule has 0 amide bonds. The predicted octanol–water partition coefficient (Wildman–Crippen LogP) is 3.91. The third-order valence-electron chi connectivity index (χ3n) is 3.44. The second kappa shape index (κ2) is 8.08. The largest absolute Gasteiger partial charge is 0.493 e. The highest BCUT2D eigenvalue weighted by molar-refractivity contribution is 5.98. The van der Waals surface area contributed by atoms with Crippen molar-refractivity contribution in [2.75, 3.05) is 13.7 Å². The molecule has 116 valence electrons. The van der Waals surface area contributed by atoms with Crippen molar-refractivity contribution in [2.24, 2.45) is 5.16 Å². The van der Waals surface area contributed by atoms with Crippen molar-refractivity contribution in [2.45, 2.75) is 19.8 Å². The summed E-state index contributed by atoms with van der Waals surface area (Å²) in [6, 6.07) is 15.8. The Labute approximate surface area is 131 Å². The summed E-state index contributed by atoms with van der Waals surface area (Å²) in [6.07, 6.45) is 1.92. The summed E-state index contributed by atoms with van der Waals surface area (Å²) in [5, 5.41) is 12.0. The lowest BCUT2D eigenvalue weighted by Gasteiger charge is -2.12. The second-order valence-corrected chi connectivity index (χ2v) is 4.99. The van der Waals surface area contributed by atoms with Gasteiger partial charge in [0.05, 0.1) is 19.4 Å². The molecule has 1 N–H and O–H groups in total. The van der Waals surface area contributed by atoms with Gasteiger partial charge in [0.25, 0.3) is 0 Å². The maximum atomic E-state index is 8.82. The summed E-state index contributed by atoms with van der Waals surface area (Å²) in [5.41, 5.74) is 2.65. The third-order valence-corrected chi connectivity index (χ3v) is 3.44. The normalized spacial score (nSPS) is 11.3. The van der Waals surface area contributed by atoms with Crippen LogP contribution in [0.25, 0.3) is 0 Å². The SMILES string of the molecule is COc1cc(/C(C)=N/O)ccc1OCCCc1ccccc1. The van der Waals surface area contributed by atoms with Crippen LogP contribution >= 0.6 is 0 Å². The van der Waals surface area contributed by atoms with E-state index in [9.17, 15) is 0 Å². The number of ether oxygens (including phenoxy) is 2. The molecule has 0 unspecified atom stereocenters. The maximum Gasteiger partial charge on any atom is 0.161 e. The molecule has 0 fully saturated rings. The average Bonchev–Trinajstić information content (AvgIpc) is 2.59. The van der Waals surface area contributed by atoms with Gasteiger partial charge in [-0.15, -0.1) is 0 Å². The van der Waals surface area contributed by atoms with Gasteiger partial charge in [0.15, 0.2) is 11.5 Å². The van der Waals surface area contributed by atoms with Crippen molar-refractivity contribution in [3.05, 3.63) is 59.7 Å². The van der Waals surface area contributed by atoms with Gasteiger partial charge >= 0.3 is 0 Å². The summed E-state index contributed by atoms with van der Waals surface area (Å²) >= 11 is 0. The van der Waals surface area contributed by atoms with Gasteiger partial charge in [-0.3, -0.25) is 0 Å². The molecule has 0 saturated carbocycles. The fraction of sp³-hybridized carbons (Fsp3) is 0.278. The van der Waals surface area contributed by atoms with Crippen molar-refractivity contribution in [3.63, 3.8) is 0 Å². The van der Waals surface area contributed by atoms with Gasteiger partial charge in [-0.05, 0) is 43.5 Å². The summed E-state index contributed by atoms with van der Waals surface area (Å²) in [4.78, 5) is 0. The highest BCUT2D eigenvalue weighted by Crippen LogP contribution is 2.28. The summed E-state index contributed by atoms with van der Waals surface area (Å²) < 4.78 is 11.1. The summed E-state index contributed by atoms with van der Waals surface area (Å²) in [5.74, 6) is 1.34. The zero-order valence-corrected chi connectivity index (χ0v) is 13.0. The second-order valence-electron chi connectivity index (χ2n) is 4.99. The Morgan fingerprint density at radius 1 is 1.09 bits per heavy atom. The average molecular weight is 299 g/mol. The molecule has 0 bridgehead atoms. The predicted molar refractivity (Wildman–Crippen MR) is 87.2 cm³/mol. The van der Waals surface area contributed by atoms with Crippen LogP contribution in [0.1, 0.15) is 24.5 Å². The van der Waals surface area contributed by atoms with E-state index < -0.39 is 0 Å². The van der Waals surface area contributed by atoms with Crippen LogP contribution in [0.4, 0.5) is 0 Å². The number of benzene rings is 2. The van der Waals surface area contributed by atoms with Crippen molar-refractivity contribution < 1.29 is 14.7 Å². The van der Waals surface area contributed by atoms with Gasteiger partial charge in [0.2, 0.25) is 0 Å². The molecule has 2 aromatic carbocycles. The Morgan fingerprint density at radius 2 is 1.86 bits per heavy atom. The van der Waals surface area contributed by atoms with Gasteiger partial charge in [-0.2, -0.15) is 0 Å². The van der Waals surface area contributed by atoms with Crippen LogP contribution in [0.3, 0.4) is 0 Å². The van der Waals surface area contributed by atoms with Crippen LogP contribution in [-0.2, 0) is 6.42 Å². The van der Waals surface area contributed by atoms with E-state index in [0.717, 1.165) is 18.4 Å². The molecule has 0 aliphatic rings. The number of nitrogens with zero attached hydrogens (tertiary/aromatic N) is 1. The molecular formula is C18H21NO3. The van der Waals surface area contributed by atoms with Crippen LogP contribution in [0, 0.1) is 0 Å². The molecule has 22 heavy (non-hydrogen) atoms. The Morgan fingerprint density at radius 3 is 2.55 bits per heavy atom. The minimum Gasteiger partial charge on any atom is -0.493 e. The van der Waals surface area contributed by atoms with Crippen molar-refractivity contribution in [3.8, 4) is 11.5 Å². The highest BCUT2D eigenvalue weighted by atomic mass is 16.5. The number of rotatable bonds is 7. The Hall–Kier alpha value is -2.49. The number of aryl methyl sites for hydroxylation is 1. The first-order valence-corrected chi connectivity index (χ1v) is 7.28. The minimum atomic E-state index is 0.536. The number of methoxy groups -OCH3 is 1. The lowest BCUT2D eigenvalue weighted by atomic mass is 10.1. The first-order chi connectivity index (χ1) is 10.7. The molecule has 2 rings (SSSR count). The molecule has 0 aromatic heterocycles. The van der Waals surface area contributed by atoms with E-state index >= 15 is 0 Å². The number of hydrogen-bond acceptors (Lipinski definition) is 4. The van der Waals surface area contributed by atoms with Crippen LogP contribution in [0.5, 0.6) is 11.5 Å². The van der Waals surface area contributed by atoms with Gasteiger partial charge in [-0.25, -0.2) is 0 Å².